The van der Waals surface area contributed by atoms with Crippen LogP contribution >= 0.6 is 12.4 Å². The Hall–Kier alpha value is -2.34. The Morgan fingerprint density at radius 2 is 1.86 bits per heavy atom. The van der Waals surface area contributed by atoms with Crippen LogP contribution in [0.25, 0.3) is 11.0 Å². The highest BCUT2D eigenvalue weighted by Crippen LogP contribution is 2.40. The van der Waals surface area contributed by atoms with E-state index in [2.05, 4.69) is 4.98 Å². The van der Waals surface area contributed by atoms with Crippen LogP contribution in [-0.2, 0) is 0 Å². The Kier molecular flexibility index (Phi) is 5.28. The van der Waals surface area contributed by atoms with Crippen LogP contribution in [0.5, 0.6) is 0 Å². The summed E-state index contributed by atoms with van der Waals surface area (Å²) >= 11 is 0. The number of aromatic nitrogens is 3. The van der Waals surface area contributed by atoms with Crippen molar-refractivity contribution >= 4 is 29.3 Å². The van der Waals surface area contributed by atoms with Gasteiger partial charge in [0.05, 0.1) is 11.3 Å². The van der Waals surface area contributed by atoms with Crippen molar-refractivity contribution < 1.29 is 17.6 Å². The first kappa shape index (κ1) is 21.4. The van der Waals surface area contributed by atoms with E-state index >= 15 is 0 Å². The predicted octanol–water partition coefficient (Wildman–Crippen LogP) is 0.741. The molecule has 29 heavy (non-hydrogen) atoms. The molecule has 8 nitrogen and oxygen atoms in total. The van der Waals surface area contributed by atoms with Crippen LogP contribution in [0, 0.1) is 17.7 Å². The van der Waals surface area contributed by atoms with Crippen molar-refractivity contribution in [1.82, 2.24) is 14.2 Å². The zero-order chi connectivity index (χ0) is 20.4. The van der Waals surface area contributed by atoms with E-state index in [1.54, 1.807) is 0 Å². The average molecular weight is 439 g/mol. The average Bonchev–Trinajstić information content (AvgIpc) is 3.36. The molecule has 0 radical (unpaired) electrons. The third-order valence-electron chi connectivity index (χ3n) is 5.40. The van der Waals surface area contributed by atoms with Crippen LogP contribution in [0.3, 0.4) is 0 Å². The first-order valence-corrected chi connectivity index (χ1v) is 8.78. The molecule has 4 N–H and O–H groups in total. The second-order valence-electron chi connectivity index (χ2n) is 7.27. The number of anilines is 1. The topological polar surface area (TPSA) is 112 Å². The largest absolute Gasteiger partial charge is 0.393 e. The number of nitrogen functional groups attached to an aromatic ring is 1. The van der Waals surface area contributed by atoms with Crippen molar-refractivity contribution in [2.45, 2.75) is 25.1 Å². The van der Waals surface area contributed by atoms with Gasteiger partial charge in [-0.25, -0.2) is 14.2 Å². The Morgan fingerprint density at radius 1 is 1.21 bits per heavy atom. The summed E-state index contributed by atoms with van der Waals surface area (Å²) in [5.41, 5.74) is 3.70. The summed E-state index contributed by atoms with van der Waals surface area (Å²) in [6.07, 6.45) is -3.15. The lowest BCUT2D eigenvalue weighted by Crippen LogP contribution is -2.45. The van der Waals surface area contributed by atoms with Gasteiger partial charge in [-0.3, -0.25) is 9.36 Å². The molecule has 13 heteroatoms. The van der Waals surface area contributed by atoms with Gasteiger partial charge in [-0.15, -0.1) is 12.4 Å². The molecule has 2 atom stereocenters. The summed E-state index contributed by atoms with van der Waals surface area (Å²) in [6.45, 7) is -0.833. The number of pyridine rings is 1. The van der Waals surface area contributed by atoms with Crippen LogP contribution in [0.15, 0.2) is 15.7 Å². The smallest absolute Gasteiger partial charge is 0.353 e. The molecule has 4 rings (SSSR count). The molecule has 3 heterocycles. The van der Waals surface area contributed by atoms with Crippen molar-refractivity contribution in [2.24, 2.45) is 17.6 Å². The molecule has 2 aromatic rings. The lowest BCUT2D eigenvalue weighted by atomic mass is 9.96. The zero-order valence-electron chi connectivity index (χ0n) is 15.0. The molecule has 0 spiro atoms. The number of halogens is 5. The van der Waals surface area contributed by atoms with E-state index in [9.17, 15) is 27.2 Å². The van der Waals surface area contributed by atoms with Crippen molar-refractivity contribution in [3.05, 3.63) is 32.7 Å². The molecule has 0 unspecified atom stereocenters. The van der Waals surface area contributed by atoms with Gasteiger partial charge >= 0.3 is 11.9 Å². The Balaban J connectivity index is 0.00000240. The number of hydrogen-bond acceptors (Lipinski definition) is 6. The maximum Gasteiger partial charge on any atom is 0.393 e. The lowest BCUT2D eigenvalue weighted by molar-refractivity contribution is -0.178. The van der Waals surface area contributed by atoms with Gasteiger partial charge in [0.1, 0.15) is 0 Å². The standard InChI is InChI=1S/C16H18F4N6O2.ClH/c17-11-3-9-12(25(8-1-2-8)15(28)26(22)14(9)27)23-13(11)24-5-7(4-21)10(6-24)16(18,19)20;/h3,7-8,10H,1-2,4-6,21-22H2;1H/t7-,10-;/m1./s1. The summed E-state index contributed by atoms with van der Waals surface area (Å²) in [4.78, 5) is 29.9. The molecule has 0 aromatic carbocycles. The normalized spacial score (nSPS) is 22.2. The minimum atomic E-state index is -4.48. The number of nitrogens with zero attached hydrogens (tertiary/aromatic N) is 4. The lowest BCUT2D eigenvalue weighted by Gasteiger charge is -2.20. The summed E-state index contributed by atoms with van der Waals surface area (Å²) in [6, 6.07) is 0.648. The van der Waals surface area contributed by atoms with Gasteiger partial charge in [0.25, 0.3) is 5.56 Å². The molecule has 0 amide bonds. The minimum Gasteiger partial charge on any atom is -0.353 e. The second kappa shape index (κ2) is 7.17. The van der Waals surface area contributed by atoms with E-state index in [1.165, 1.54) is 9.47 Å². The van der Waals surface area contributed by atoms with Crippen LogP contribution < -0.4 is 27.7 Å². The first-order chi connectivity index (χ1) is 13.1. The highest BCUT2D eigenvalue weighted by Gasteiger charge is 2.49. The highest BCUT2D eigenvalue weighted by atomic mass is 35.5. The van der Waals surface area contributed by atoms with Gasteiger partial charge in [0.15, 0.2) is 17.3 Å². The molecule has 0 bridgehead atoms. The van der Waals surface area contributed by atoms with E-state index in [0.717, 1.165) is 6.07 Å². The summed E-state index contributed by atoms with van der Waals surface area (Å²) in [7, 11) is 0. The molecule has 1 saturated heterocycles. The molecule has 1 aliphatic carbocycles. The zero-order valence-corrected chi connectivity index (χ0v) is 15.8. The minimum absolute atomic E-state index is 0. The number of hydrogen-bond donors (Lipinski definition) is 2. The van der Waals surface area contributed by atoms with Gasteiger partial charge in [-0.05, 0) is 25.5 Å². The maximum atomic E-state index is 14.7. The van der Waals surface area contributed by atoms with E-state index in [0.29, 0.717) is 17.5 Å². The number of nitrogens with two attached hydrogens (primary N) is 2. The monoisotopic (exact) mass is 438 g/mol. The fourth-order valence-corrected chi connectivity index (χ4v) is 3.77. The maximum absolute atomic E-state index is 14.7. The second-order valence-corrected chi connectivity index (χ2v) is 7.27. The fraction of sp³-hybridized carbons (Fsp3) is 0.562. The Morgan fingerprint density at radius 3 is 2.38 bits per heavy atom. The van der Waals surface area contributed by atoms with Crippen LogP contribution in [0.2, 0.25) is 0 Å². The Bertz CT molecular complexity index is 1060. The van der Waals surface area contributed by atoms with Crippen molar-refractivity contribution in [3.63, 3.8) is 0 Å². The Labute approximate surface area is 167 Å². The molecular formula is C16H19ClF4N6O2. The van der Waals surface area contributed by atoms with Crippen molar-refractivity contribution in [3.8, 4) is 0 Å². The molecule has 2 aliphatic rings. The molecule has 2 fully saturated rings. The highest BCUT2D eigenvalue weighted by molar-refractivity contribution is 5.85. The molecule has 1 aliphatic heterocycles. The molecule has 2 aromatic heterocycles. The summed E-state index contributed by atoms with van der Waals surface area (Å²) in [5.74, 6) is 1.60. The van der Waals surface area contributed by atoms with E-state index in [4.69, 9.17) is 11.6 Å². The van der Waals surface area contributed by atoms with Crippen LogP contribution in [0.4, 0.5) is 23.4 Å². The van der Waals surface area contributed by atoms with Crippen LogP contribution in [-0.4, -0.2) is 40.0 Å². The van der Waals surface area contributed by atoms with Gasteiger partial charge < -0.3 is 16.5 Å². The number of fused-ring (bicyclic) bond motifs is 1. The predicted molar refractivity (Wildman–Crippen MR) is 100 cm³/mol. The molecule has 1 saturated carbocycles. The summed E-state index contributed by atoms with van der Waals surface area (Å²) < 4.78 is 56.1. The summed E-state index contributed by atoms with van der Waals surface area (Å²) in [5, 5.41) is -0.197. The molecule has 160 valence electrons. The van der Waals surface area contributed by atoms with Gasteiger partial charge in [0, 0.05) is 25.0 Å². The quantitative estimate of drug-likeness (QED) is 0.540. The van der Waals surface area contributed by atoms with Gasteiger partial charge in [-0.2, -0.15) is 17.8 Å². The first-order valence-electron chi connectivity index (χ1n) is 8.78. The van der Waals surface area contributed by atoms with E-state index in [-0.39, 0.29) is 48.4 Å². The SMILES string of the molecule is Cl.NC[C@@H]1CN(c2nc3c(cc2F)c(=O)n(N)c(=O)n3C2CC2)C[C@H]1C(F)(F)F. The number of alkyl halides is 3. The third-order valence-corrected chi connectivity index (χ3v) is 5.40. The fourth-order valence-electron chi connectivity index (χ4n) is 3.77. The van der Waals surface area contributed by atoms with Gasteiger partial charge in [0.2, 0.25) is 0 Å². The van der Waals surface area contributed by atoms with Crippen LogP contribution in [0.1, 0.15) is 18.9 Å². The van der Waals surface area contributed by atoms with E-state index in [1.807, 2.05) is 0 Å². The third kappa shape index (κ3) is 3.44. The number of rotatable bonds is 3. The van der Waals surface area contributed by atoms with Crippen molar-refractivity contribution in [2.75, 3.05) is 30.4 Å². The van der Waals surface area contributed by atoms with Crippen molar-refractivity contribution in [1.29, 1.82) is 0 Å². The van der Waals surface area contributed by atoms with E-state index < -0.39 is 41.6 Å². The molecular weight excluding hydrogens is 420 g/mol. The van der Waals surface area contributed by atoms with Gasteiger partial charge in [-0.1, -0.05) is 0 Å².